The number of carbonyl (C=O) groups excluding carboxylic acids is 1. The average molecular weight is 268 g/mol. The van der Waals surface area contributed by atoms with Gasteiger partial charge in [-0.1, -0.05) is 24.3 Å². The molecule has 0 amide bonds. The molecule has 0 spiro atoms. The summed E-state index contributed by atoms with van der Waals surface area (Å²) in [7, 11) is 0. The molecule has 0 fully saturated rings. The highest BCUT2D eigenvalue weighted by Gasteiger charge is 2.13. The fourth-order valence-corrected chi connectivity index (χ4v) is 2.14. The Labute approximate surface area is 114 Å². The van der Waals surface area contributed by atoms with Crippen LogP contribution in [-0.2, 0) is 4.74 Å². The van der Waals surface area contributed by atoms with Crippen molar-refractivity contribution in [3.8, 4) is 0 Å². The summed E-state index contributed by atoms with van der Waals surface area (Å²) < 4.78 is 10.3. The molecule has 0 radical (unpaired) electrons. The van der Waals surface area contributed by atoms with Gasteiger partial charge in [0, 0.05) is 6.07 Å². The van der Waals surface area contributed by atoms with E-state index in [0.717, 1.165) is 10.8 Å². The SMILES string of the molecule is CCOC(=O)c1cc(=O)c2cc3ccccc3cc2o1. The molecule has 0 aliphatic carbocycles. The van der Waals surface area contributed by atoms with Crippen molar-refractivity contribution in [2.75, 3.05) is 6.61 Å². The number of fused-ring (bicyclic) bond motifs is 2. The monoisotopic (exact) mass is 268 g/mol. The Morgan fingerprint density at radius 3 is 2.55 bits per heavy atom. The quantitative estimate of drug-likeness (QED) is 0.529. The molecule has 20 heavy (non-hydrogen) atoms. The second kappa shape index (κ2) is 4.81. The summed E-state index contributed by atoms with van der Waals surface area (Å²) in [6, 6.07) is 12.4. The molecule has 1 aromatic heterocycles. The third-order valence-corrected chi connectivity index (χ3v) is 3.07. The van der Waals surface area contributed by atoms with Crippen molar-refractivity contribution in [3.05, 3.63) is 58.4 Å². The Bertz CT molecular complexity index is 861. The summed E-state index contributed by atoms with van der Waals surface area (Å²) in [4.78, 5) is 23.7. The maximum atomic E-state index is 12.1. The second-order valence-electron chi connectivity index (χ2n) is 4.39. The Balaban J connectivity index is 2.27. The first-order valence-corrected chi connectivity index (χ1v) is 6.33. The molecular formula is C16H12O4. The van der Waals surface area contributed by atoms with Crippen LogP contribution in [0, 0.1) is 0 Å². The Hall–Kier alpha value is -2.62. The van der Waals surface area contributed by atoms with Crippen molar-refractivity contribution in [2.24, 2.45) is 0 Å². The maximum absolute atomic E-state index is 12.1. The number of rotatable bonds is 2. The first-order valence-electron chi connectivity index (χ1n) is 6.33. The third-order valence-electron chi connectivity index (χ3n) is 3.07. The van der Waals surface area contributed by atoms with E-state index in [4.69, 9.17) is 9.15 Å². The number of ether oxygens (including phenoxy) is 1. The normalized spacial score (nSPS) is 10.8. The van der Waals surface area contributed by atoms with Gasteiger partial charge in [0.2, 0.25) is 5.76 Å². The van der Waals surface area contributed by atoms with E-state index in [9.17, 15) is 9.59 Å². The van der Waals surface area contributed by atoms with Gasteiger partial charge >= 0.3 is 5.97 Å². The molecule has 4 nitrogen and oxygen atoms in total. The standard InChI is InChI=1S/C16H12O4/c1-2-19-16(18)15-9-13(17)12-7-10-5-3-4-6-11(10)8-14(12)20-15/h3-9H,2H2,1H3. The van der Waals surface area contributed by atoms with Gasteiger partial charge in [-0.15, -0.1) is 0 Å². The van der Waals surface area contributed by atoms with Gasteiger partial charge in [-0.05, 0) is 29.8 Å². The summed E-state index contributed by atoms with van der Waals surface area (Å²) >= 11 is 0. The third kappa shape index (κ3) is 2.05. The molecule has 0 N–H and O–H groups in total. The van der Waals surface area contributed by atoms with Gasteiger partial charge in [0.25, 0.3) is 0 Å². The van der Waals surface area contributed by atoms with E-state index in [1.54, 1.807) is 19.1 Å². The summed E-state index contributed by atoms with van der Waals surface area (Å²) in [5.74, 6) is -0.695. The molecule has 4 heteroatoms. The largest absolute Gasteiger partial charge is 0.460 e. The van der Waals surface area contributed by atoms with Crippen LogP contribution >= 0.6 is 0 Å². The molecule has 0 atom stereocenters. The second-order valence-corrected chi connectivity index (χ2v) is 4.39. The number of benzene rings is 2. The molecule has 2 aromatic carbocycles. The van der Waals surface area contributed by atoms with Crippen molar-refractivity contribution >= 4 is 27.7 Å². The van der Waals surface area contributed by atoms with Crippen LogP contribution in [0.25, 0.3) is 21.7 Å². The summed E-state index contributed by atoms with van der Waals surface area (Å²) in [6.07, 6.45) is 0. The first-order chi connectivity index (χ1) is 9.69. The van der Waals surface area contributed by atoms with Gasteiger partial charge in [-0.3, -0.25) is 4.79 Å². The number of hydrogen-bond acceptors (Lipinski definition) is 4. The Morgan fingerprint density at radius 1 is 1.15 bits per heavy atom. The summed E-state index contributed by atoms with van der Waals surface area (Å²) in [5.41, 5.74) is 0.138. The number of carbonyl (C=O) groups is 1. The molecule has 0 saturated heterocycles. The molecule has 0 unspecified atom stereocenters. The van der Waals surface area contributed by atoms with E-state index < -0.39 is 5.97 Å². The van der Waals surface area contributed by atoms with Gasteiger partial charge in [0.15, 0.2) is 5.43 Å². The Kier molecular flexibility index (Phi) is 2.99. The fourth-order valence-electron chi connectivity index (χ4n) is 2.14. The lowest BCUT2D eigenvalue weighted by Crippen LogP contribution is -2.09. The van der Waals surface area contributed by atoms with E-state index in [0.29, 0.717) is 11.0 Å². The molecular weight excluding hydrogens is 256 g/mol. The van der Waals surface area contributed by atoms with E-state index in [2.05, 4.69) is 0 Å². The number of hydrogen-bond donors (Lipinski definition) is 0. The first kappa shape index (κ1) is 12.4. The highest BCUT2D eigenvalue weighted by atomic mass is 16.5. The smallest absolute Gasteiger partial charge is 0.374 e. The lowest BCUT2D eigenvalue weighted by molar-refractivity contribution is 0.0490. The van der Waals surface area contributed by atoms with Crippen molar-refractivity contribution in [1.82, 2.24) is 0 Å². The zero-order valence-electron chi connectivity index (χ0n) is 10.9. The van der Waals surface area contributed by atoms with Gasteiger partial charge in [-0.2, -0.15) is 0 Å². The van der Waals surface area contributed by atoms with E-state index in [-0.39, 0.29) is 17.8 Å². The van der Waals surface area contributed by atoms with Crippen LogP contribution in [0.1, 0.15) is 17.5 Å². The molecule has 0 bridgehead atoms. The Morgan fingerprint density at radius 2 is 1.85 bits per heavy atom. The minimum absolute atomic E-state index is 0.0698. The van der Waals surface area contributed by atoms with E-state index in [1.807, 2.05) is 24.3 Å². The van der Waals surface area contributed by atoms with E-state index in [1.165, 1.54) is 6.07 Å². The molecule has 0 aliphatic rings. The van der Waals surface area contributed by atoms with Gasteiger partial charge in [0.05, 0.1) is 12.0 Å². The van der Waals surface area contributed by atoms with Gasteiger partial charge in [-0.25, -0.2) is 4.79 Å². The maximum Gasteiger partial charge on any atom is 0.374 e. The van der Waals surface area contributed by atoms with Crippen molar-refractivity contribution in [3.63, 3.8) is 0 Å². The lowest BCUT2D eigenvalue weighted by atomic mass is 10.1. The van der Waals surface area contributed by atoms with Crippen LogP contribution in [0.4, 0.5) is 0 Å². The lowest BCUT2D eigenvalue weighted by Gasteiger charge is -2.04. The molecule has 0 saturated carbocycles. The molecule has 3 rings (SSSR count). The van der Waals surface area contributed by atoms with Crippen LogP contribution in [0.2, 0.25) is 0 Å². The highest BCUT2D eigenvalue weighted by Crippen LogP contribution is 2.21. The van der Waals surface area contributed by atoms with Crippen molar-refractivity contribution < 1.29 is 13.9 Å². The average Bonchev–Trinajstić information content (AvgIpc) is 2.45. The van der Waals surface area contributed by atoms with Gasteiger partial charge in [0.1, 0.15) is 5.58 Å². The zero-order chi connectivity index (χ0) is 14.1. The van der Waals surface area contributed by atoms with Gasteiger partial charge < -0.3 is 9.15 Å². The molecule has 0 aliphatic heterocycles. The predicted octanol–water partition coefficient (Wildman–Crippen LogP) is 3.12. The zero-order valence-corrected chi connectivity index (χ0v) is 10.9. The topological polar surface area (TPSA) is 56.5 Å². The predicted molar refractivity (Wildman–Crippen MR) is 75.9 cm³/mol. The van der Waals surface area contributed by atoms with Crippen LogP contribution in [-0.4, -0.2) is 12.6 Å². The summed E-state index contributed by atoms with van der Waals surface area (Å²) in [6.45, 7) is 1.93. The molecule has 1 heterocycles. The van der Waals surface area contributed by atoms with Crippen LogP contribution in [0.15, 0.2) is 51.7 Å². The van der Waals surface area contributed by atoms with E-state index >= 15 is 0 Å². The summed E-state index contributed by atoms with van der Waals surface area (Å²) in [5, 5.41) is 2.36. The van der Waals surface area contributed by atoms with Crippen molar-refractivity contribution in [1.29, 1.82) is 0 Å². The fraction of sp³-hybridized carbons (Fsp3) is 0.125. The van der Waals surface area contributed by atoms with Crippen LogP contribution in [0.3, 0.4) is 0 Å². The molecule has 3 aromatic rings. The van der Waals surface area contributed by atoms with Crippen molar-refractivity contribution in [2.45, 2.75) is 6.92 Å². The minimum atomic E-state index is -0.625. The van der Waals surface area contributed by atoms with Crippen LogP contribution < -0.4 is 5.43 Å². The number of esters is 1. The van der Waals surface area contributed by atoms with Crippen LogP contribution in [0.5, 0.6) is 0 Å². The molecule has 100 valence electrons. The highest BCUT2D eigenvalue weighted by molar-refractivity contribution is 5.97. The minimum Gasteiger partial charge on any atom is -0.460 e.